The maximum absolute atomic E-state index is 13.5. The average molecular weight is 209 g/mol. The van der Waals surface area contributed by atoms with Gasteiger partial charge in [0.25, 0.3) is 0 Å². The summed E-state index contributed by atoms with van der Waals surface area (Å²) in [4.78, 5) is 0. The molecule has 81 valence electrons. The molecule has 0 unspecified atom stereocenters. The summed E-state index contributed by atoms with van der Waals surface area (Å²) in [5.74, 6) is -0.0132. The Hall–Kier alpha value is -1.09. The zero-order valence-corrected chi connectivity index (χ0v) is 8.97. The predicted molar refractivity (Wildman–Crippen MR) is 54.4 cm³/mol. The van der Waals surface area contributed by atoms with Crippen LogP contribution in [0.1, 0.15) is 12.5 Å². The normalized spacial score (nSPS) is 18.3. The monoisotopic (exact) mass is 209 g/mol. The number of benzene rings is 1. The Bertz CT molecular complexity index is 359. The Kier molecular flexibility index (Phi) is 2.65. The largest absolute Gasteiger partial charge is 0.490 e. The molecule has 1 aliphatic rings. The molecule has 1 fully saturated rings. The van der Waals surface area contributed by atoms with Gasteiger partial charge in [-0.05, 0) is 24.6 Å². The molecule has 1 heterocycles. The van der Waals surface area contributed by atoms with Gasteiger partial charge in [0.2, 0.25) is 0 Å². The first kappa shape index (κ1) is 10.4. The fourth-order valence-corrected chi connectivity index (χ4v) is 1.46. The Balaban J connectivity index is 2.01. The van der Waals surface area contributed by atoms with E-state index < -0.39 is 0 Å². The molecule has 1 aromatic rings. The first-order valence-electron chi connectivity index (χ1n) is 4.98. The van der Waals surface area contributed by atoms with Crippen molar-refractivity contribution in [2.24, 2.45) is 5.41 Å². The summed E-state index contributed by atoms with van der Waals surface area (Å²) >= 11 is 0. The maximum Gasteiger partial charge on any atom is 0.168 e. The zero-order valence-electron chi connectivity index (χ0n) is 8.97. The number of ether oxygens (including phenoxy) is 2. The summed E-state index contributed by atoms with van der Waals surface area (Å²) in [7, 11) is 0. The lowest BCUT2D eigenvalue weighted by atomic mass is 9.90. The molecule has 1 aliphatic heterocycles. The first-order valence-corrected chi connectivity index (χ1v) is 4.98. The van der Waals surface area contributed by atoms with E-state index in [2.05, 4.69) is 13.0 Å². The van der Waals surface area contributed by atoms with E-state index in [0.717, 1.165) is 0 Å². The van der Waals surface area contributed by atoms with E-state index in [1.807, 2.05) is 0 Å². The smallest absolute Gasteiger partial charge is 0.168 e. The Morgan fingerprint density at radius 1 is 1.60 bits per heavy atom. The van der Waals surface area contributed by atoms with Crippen molar-refractivity contribution in [2.75, 3.05) is 19.8 Å². The molecule has 2 rings (SSSR count). The lowest BCUT2D eigenvalue weighted by molar-refractivity contribution is -0.120. The van der Waals surface area contributed by atoms with Gasteiger partial charge in [0.05, 0.1) is 19.8 Å². The van der Waals surface area contributed by atoms with E-state index in [9.17, 15) is 4.39 Å². The highest BCUT2D eigenvalue weighted by molar-refractivity contribution is 5.29. The van der Waals surface area contributed by atoms with Gasteiger partial charge in [-0.3, -0.25) is 0 Å². The minimum atomic E-state index is -0.318. The molecule has 1 aromatic carbocycles. The second-order valence-electron chi connectivity index (χ2n) is 4.37. The standard InChI is InChI=1S/C12H14FO2/c1-9-4-3-5-10(11(9)13)15-8-12(2)6-14-7-12/h3,5H,6-8H2,1-2H3. The number of aryl methyl sites for hydroxylation is 1. The van der Waals surface area contributed by atoms with Crippen molar-refractivity contribution in [3.63, 3.8) is 0 Å². The lowest BCUT2D eigenvalue weighted by Gasteiger charge is -2.37. The topological polar surface area (TPSA) is 18.5 Å². The summed E-state index contributed by atoms with van der Waals surface area (Å²) in [5, 5.41) is 0. The van der Waals surface area contributed by atoms with Crippen LogP contribution in [0.5, 0.6) is 5.75 Å². The second-order valence-corrected chi connectivity index (χ2v) is 4.37. The van der Waals surface area contributed by atoms with Crippen LogP contribution in [0.4, 0.5) is 4.39 Å². The van der Waals surface area contributed by atoms with E-state index in [1.165, 1.54) is 0 Å². The fourth-order valence-electron chi connectivity index (χ4n) is 1.46. The maximum atomic E-state index is 13.5. The van der Waals surface area contributed by atoms with Gasteiger partial charge < -0.3 is 9.47 Å². The molecule has 2 nitrogen and oxygen atoms in total. The van der Waals surface area contributed by atoms with Crippen LogP contribution in [0.3, 0.4) is 0 Å². The molecule has 0 N–H and O–H groups in total. The molecule has 1 radical (unpaired) electrons. The number of rotatable bonds is 3. The third-order valence-electron chi connectivity index (χ3n) is 2.56. The van der Waals surface area contributed by atoms with Gasteiger partial charge in [0.1, 0.15) is 0 Å². The van der Waals surface area contributed by atoms with Crippen molar-refractivity contribution in [3.8, 4) is 5.75 Å². The van der Waals surface area contributed by atoms with Crippen LogP contribution in [0.2, 0.25) is 0 Å². The van der Waals surface area contributed by atoms with Gasteiger partial charge in [-0.15, -0.1) is 0 Å². The van der Waals surface area contributed by atoms with Crippen molar-refractivity contribution >= 4 is 0 Å². The predicted octanol–water partition coefficient (Wildman–Crippen LogP) is 2.35. The SMILES string of the molecule is Cc1[c]ccc(OCC2(C)COC2)c1F. The van der Waals surface area contributed by atoms with Gasteiger partial charge in [-0.2, -0.15) is 0 Å². The highest BCUT2D eigenvalue weighted by Crippen LogP contribution is 2.28. The quantitative estimate of drug-likeness (QED) is 0.760. The molecule has 3 heteroatoms. The summed E-state index contributed by atoms with van der Waals surface area (Å²) in [6.45, 7) is 5.61. The van der Waals surface area contributed by atoms with Gasteiger partial charge in [-0.1, -0.05) is 13.0 Å². The molecule has 0 spiro atoms. The van der Waals surface area contributed by atoms with Crippen molar-refractivity contribution in [2.45, 2.75) is 13.8 Å². The van der Waals surface area contributed by atoms with Crippen LogP contribution in [0.25, 0.3) is 0 Å². The Morgan fingerprint density at radius 3 is 2.93 bits per heavy atom. The van der Waals surface area contributed by atoms with Gasteiger partial charge in [0, 0.05) is 5.41 Å². The fraction of sp³-hybridized carbons (Fsp3) is 0.500. The van der Waals surface area contributed by atoms with Crippen LogP contribution >= 0.6 is 0 Å². The highest BCUT2D eigenvalue weighted by atomic mass is 19.1. The lowest BCUT2D eigenvalue weighted by Crippen LogP contribution is -2.44. The van der Waals surface area contributed by atoms with Gasteiger partial charge >= 0.3 is 0 Å². The van der Waals surface area contributed by atoms with E-state index in [4.69, 9.17) is 9.47 Å². The molecule has 0 saturated carbocycles. The number of hydrogen-bond donors (Lipinski definition) is 0. The zero-order chi connectivity index (χ0) is 10.9. The highest BCUT2D eigenvalue weighted by Gasteiger charge is 2.34. The summed E-state index contributed by atoms with van der Waals surface area (Å²) in [5.41, 5.74) is 0.530. The van der Waals surface area contributed by atoms with Crippen molar-refractivity contribution in [1.29, 1.82) is 0 Å². The minimum absolute atomic E-state index is 0.0416. The van der Waals surface area contributed by atoms with Crippen molar-refractivity contribution in [1.82, 2.24) is 0 Å². The number of halogens is 1. The van der Waals surface area contributed by atoms with E-state index in [0.29, 0.717) is 31.1 Å². The summed E-state index contributed by atoms with van der Waals surface area (Å²) in [6.07, 6.45) is 0. The van der Waals surface area contributed by atoms with Crippen LogP contribution in [0, 0.1) is 24.2 Å². The van der Waals surface area contributed by atoms with E-state index >= 15 is 0 Å². The average Bonchev–Trinajstić information content (AvgIpc) is 2.17. The van der Waals surface area contributed by atoms with Crippen LogP contribution in [-0.4, -0.2) is 19.8 Å². The molecule has 0 aromatic heterocycles. The Labute approximate surface area is 89.0 Å². The minimum Gasteiger partial charge on any atom is -0.490 e. The number of hydrogen-bond acceptors (Lipinski definition) is 2. The summed E-state index contributed by atoms with van der Waals surface area (Å²) < 4.78 is 24.1. The molecular weight excluding hydrogens is 195 g/mol. The van der Waals surface area contributed by atoms with Gasteiger partial charge in [-0.25, -0.2) is 4.39 Å². The third-order valence-corrected chi connectivity index (χ3v) is 2.56. The second kappa shape index (κ2) is 3.81. The molecule has 0 atom stereocenters. The first-order chi connectivity index (χ1) is 7.11. The molecular formula is C12H14FO2. The third kappa shape index (κ3) is 2.12. The van der Waals surface area contributed by atoms with Crippen LogP contribution in [0.15, 0.2) is 12.1 Å². The van der Waals surface area contributed by atoms with Crippen LogP contribution in [-0.2, 0) is 4.74 Å². The van der Waals surface area contributed by atoms with E-state index in [-0.39, 0.29) is 11.2 Å². The van der Waals surface area contributed by atoms with Gasteiger partial charge in [0.15, 0.2) is 11.6 Å². The molecule has 1 saturated heterocycles. The summed E-state index contributed by atoms with van der Waals surface area (Å²) in [6, 6.07) is 6.06. The van der Waals surface area contributed by atoms with Crippen molar-refractivity contribution < 1.29 is 13.9 Å². The van der Waals surface area contributed by atoms with Crippen molar-refractivity contribution in [3.05, 3.63) is 29.6 Å². The van der Waals surface area contributed by atoms with E-state index in [1.54, 1.807) is 19.1 Å². The molecule has 0 aliphatic carbocycles. The molecule has 0 bridgehead atoms. The molecule has 15 heavy (non-hydrogen) atoms. The Morgan fingerprint density at radius 2 is 2.33 bits per heavy atom. The van der Waals surface area contributed by atoms with Crippen LogP contribution < -0.4 is 4.74 Å². The molecule has 0 amide bonds.